The van der Waals surface area contributed by atoms with Crippen molar-refractivity contribution in [1.82, 2.24) is 9.78 Å². The predicted molar refractivity (Wildman–Crippen MR) is 48.1 cm³/mol. The van der Waals surface area contributed by atoms with Crippen LogP contribution in [0.4, 0.5) is 13.2 Å². The molecule has 1 rings (SSSR count). The van der Waals surface area contributed by atoms with Crippen LogP contribution in [0.1, 0.15) is 31.1 Å². The van der Waals surface area contributed by atoms with E-state index in [1.165, 1.54) is 4.68 Å². The number of hydrogen-bond donors (Lipinski definition) is 1. The summed E-state index contributed by atoms with van der Waals surface area (Å²) in [5, 5.41) is 13.4. The first kappa shape index (κ1) is 12.0. The molecule has 0 amide bonds. The second kappa shape index (κ2) is 4.65. The van der Waals surface area contributed by atoms with Crippen molar-refractivity contribution < 1.29 is 18.3 Å². The van der Waals surface area contributed by atoms with Gasteiger partial charge in [0.25, 0.3) is 0 Å². The SMILES string of the molecule is Cn1ccc(C(O)CCCC(F)(F)F)n1. The lowest BCUT2D eigenvalue weighted by Crippen LogP contribution is -2.08. The Hall–Kier alpha value is -1.04. The minimum Gasteiger partial charge on any atom is -0.387 e. The minimum atomic E-state index is -4.15. The molecule has 1 aromatic rings. The number of aromatic nitrogens is 2. The van der Waals surface area contributed by atoms with E-state index < -0.39 is 18.7 Å². The molecule has 0 fully saturated rings. The molecule has 0 saturated heterocycles. The number of aliphatic hydroxyl groups is 1. The van der Waals surface area contributed by atoms with Crippen LogP contribution >= 0.6 is 0 Å². The molecule has 0 spiro atoms. The first-order valence-electron chi connectivity index (χ1n) is 4.63. The molecule has 0 saturated carbocycles. The van der Waals surface area contributed by atoms with Crippen LogP contribution in [0, 0.1) is 0 Å². The van der Waals surface area contributed by atoms with E-state index in [4.69, 9.17) is 0 Å². The maximum atomic E-state index is 11.8. The summed E-state index contributed by atoms with van der Waals surface area (Å²) >= 11 is 0. The molecule has 0 bridgehead atoms. The second-order valence-corrected chi connectivity index (χ2v) is 3.44. The van der Waals surface area contributed by atoms with Crippen LogP contribution in [0.25, 0.3) is 0 Å². The summed E-state index contributed by atoms with van der Waals surface area (Å²) in [6, 6.07) is 1.60. The fourth-order valence-electron chi connectivity index (χ4n) is 1.25. The molecule has 1 unspecified atom stereocenters. The van der Waals surface area contributed by atoms with Gasteiger partial charge in [0.15, 0.2) is 0 Å². The highest BCUT2D eigenvalue weighted by Gasteiger charge is 2.26. The summed E-state index contributed by atoms with van der Waals surface area (Å²) < 4.78 is 36.9. The lowest BCUT2D eigenvalue weighted by molar-refractivity contribution is -0.136. The summed E-state index contributed by atoms with van der Waals surface area (Å²) in [6.07, 6.45) is -4.28. The smallest absolute Gasteiger partial charge is 0.387 e. The van der Waals surface area contributed by atoms with Crippen LogP contribution in [-0.4, -0.2) is 21.1 Å². The Balaban J connectivity index is 2.34. The lowest BCUT2D eigenvalue weighted by atomic mass is 10.1. The topological polar surface area (TPSA) is 38.0 Å². The van der Waals surface area contributed by atoms with Gasteiger partial charge in [0.1, 0.15) is 0 Å². The predicted octanol–water partition coefficient (Wildman–Crippen LogP) is 2.19. The van der Waals surface area contributed by atoms with Crippen LogP contribution in [0.2, 0.25) is 0 Å². The van der Waals surface area contributed by atoms with Crippen molar-refractivity contribution in [2.75, 3.05) is 0 Å². The molecule has 1 atom stereocenters. The van der Waals surface area contributed by atoms with Gasteiger partial charge in [0.05, 0.1) is 11.8 Å². The first-order valence-corrected chi connectivity index (χ1v) is 4.63. The molecular weight excluding hydrogens is 209 g/mol. The van der Waals surface area contributed by atoms with Crippen molar-refractivity contribution in [3.05, 3.63) is 18.0 Å². The van der Waals surface area contributed by atoms with E-state index in [9.17, 15) is 18.3 Å². The molecule has 0 aliphatic carbocycles. The zero-order valence-corrected chi connectivity index (χ0v) is 8.33. The van der Waals surface area contributed by atoms with Gasteiger partial charge >= 0.3 is 6.18 Å². The quantitative estimate of drug-likeness (QED) is 0.847. The van der Waals surface area contributed by atoms with Gasteiger partial charge in [-0.1, -0.05) is 0 Å². The third kappa shape index (κ3) is 4.33. The Morgan fingerprint density at radius 1 is 1.53 bits per heavy atom. The van der Waals surface area contributed by atoms with Crippen molar-refractivity contribution in [3.8, 4) is 0 Å². The largest absolute Gasteiger partial charge is 0.389 e. The van der Waals surface area contributed by atoms with Crippen molar-refractivity contribution in [2.45, 2.75) is 31.5 Å². The van der Waals surface area contributed by atoms with Gasteiger partial charge in [-0.2, -0.15) is 18.3 Å². The fraction of sp³-hybridized carbons (Fsp3) is 0.667. The molecular formula is C9H13F3N2O. The number of aliphatic hydroxyl groups excluding tert-OH is 1. The van der Waals surface area contributed by atoms with E-state index >= 15 is 0 Å². The standard InChI is InChI=1S/C9H13F3N2O/c1-14-6-4-7(13-14)8(15)3-2-5-9(10,11)12/h4,6,8,15H,2-3,5H2,1H3. The van der Waals surface area contributed by atoms with Gasteiger partial charge in [-0.15, -0.1) is 0 Å². The zero-order valence-electron chi connectivity index (χ0n) is 8.33. The maximum absolute atomic E-state index is 11.8. The van der Waals surface area contributed by atoms with Gasteiger partial charge < -0.3 is 5.11 Å². The van der Waals surface area contributed by atoms with Crippen molar-refractivity contribution in [2.24, 2.45) is 7.05 Å². The Bertz CT molecular complexity index is 309. The first-order chi connectivity index (χ1) is 6.88. The van der Waals surface area contributed by atoms with Gasteiger partial charge in [0, 0.05) is 19.7 Å². The number of rotatable bonds is 4. The highest BCUT2D eigenvalue weighted by Crippen LogP contribution is 2.25. The number of hydrogen-bond acceptors (Lipinski definition) is 2. The van der Waals surface area contributed by atoms with Crippen LogP contribution in [-0.2, 0) is 7.05 Å². The number of halogens is 3. The second-order valence-electron chi connectivity index (χ2n) is 3.44. The van der Waals surface area contributed by atoms with E-state index in [0.29, 0.717) is 5.69 Å². The molecule has 86 valence electrons. The Kier molecular flexibility index (Phi) is 3.73. The monoisotopic (exact) mass is 222 g/mol. The van der Waals surface area contributed by atoms with Gasteiger partial charge in [-0.05, 0) is 18.9 Å². The molecule has 1 heterocycles. The molecule has 1 aromatic heterocycles. The Labute approximate surface area is 85.5 Å². The highest BCUT2D eigenvalue weighted by atomic mass is 19.4. The van der Waals surface area contributed by atoms with Gasteiger partial charge in [-0.25, -0.2) is 0 Å². The van der Waals surface area contributed by atoms with E-state index in [0.717, 1.165) is 0 Å². The van der Waals surface area contributed by atoms with E-state index in [-0.39, 0.29) is 12.8 Å². The summed E-state index contributed by atoms with van der Waals surface area (Å²) in [5.41, 5.74) is 0.416. The number of aryl methyl sites for hydroxylation is 1. The molecule has 3 nitrogen and oxygen atoms in total. The number of alkyl halides is 3. The van der Waals surface area contributed by atoms with Crippen LogP contribution in [0.5, 0.6) is 0 Å². The van der Waals surface area contributed by atoms with Gasteiger partial charge in [0.2, 0.25) is 0 Å². The Morgan fingerprint density at radius 3 is 2.67 bits per heavy atom. The molecule has 1 N–H and O–H groups in total. The van der Waals surface area contributed by atoms with Crippen molar-refractivity contribution in [3.63, 3.8) is 0 Å². The molecule has 0 aliphatic heterocycles. The molecule has 6 heteroatoms. The van der Waals surface area contributed by atoms with E-state index in [1.54, 1.807) is 19.3 Å². The van der Waals surface area contributed by atoms with Gasteiger partial charge in [-0.3, -0.25) is 4.68 Å². The summed E-state index contributed by atoms with van der Waals surface area (Å²) in [4.78, 5) is 0. The van der Waals surface area contributed by atoms with E-state index in [1.807, 2.05) is 0 Å². The Morgan fingerprint density at radius 2 is 2.20 bits per heavy atom. The van der Waals surface area contributed by atoms with E-state index in [2.05, 4.69) is 5.10 Å². The number of nitrogens with zero attached hydrogens (tertiary/aromatic N) is 2. The van der Waals surface area contributed by atoms with Crippen LogP contribution < -0.4 is 0 Å². The summed E-state index contributed by atoms with van der Waals surface area (Å²) in [7, 11) is 1.69. The average Bonchev–Trinajstić information content (AvgIpc) is 2.49. The zero-order chi connectivity index (χ0) is 11.5. The normalized spacial score (nSPS) is 14.2. The van der Waals surface area contributed by atoms with Crippen LogP contribution in [0.3, 0.4) is 0 Å². The molecule has 0 aliphatic rings. The third-order valence-corrected chi connectivity index (χ3v) is 2.01. The lowest BCUT2D eigenvalue weighted by Gasteiger charge is -2.09. The summed E-state index contributed by atoms with van der Waals surface area (Å²) in [6.45, 7) is 0. The van der Waals surface area contributed by atoms with Crippen molar-refractivity contribution >= 4 is 0 Å². The highest BCUT2D eigenvalue weighted by molar-refractivity contribution is 5.02. The van der Waals surface area contributed by atoms with Crippen LogP contribution in [0.15, 0.2) is 12.3 Å². The maximum Gasteiger partial charge on any atom is 0.389 e. The van der Waals surface area contributed by atoms with Crippen molar-refractivity contribution in [1.29, 1.82) is 0 Å². The molecule has 15 heavy (non-hydrogen) atoms. The fourth-order valence-corrected chi connectivity index (χ4v) is 1.25. The average molecular weight is 222 g/mol. The summed E-state index contributed by atoms with van der Waals surface area (Å²) in [5.74, 6) is 0. The third-order valence-electron chi connectivity index (χ3n) is 2.01. The molecule has 0 aromatic carbocycles. The minimum absolute atomic E-state index is 0.0799. The molecule has 0 radical (unpaired) electrons.